The van der Waals surface area contributed by atoms with E-state index in [0.29, 0.717) is 11.5 Å². The normalized spacial score (nSPS) is 12.7. The number of ether oxygens (including phenoxy) is 1. The molecule has 0 saturated heterocycles. The topological polar surface area (TPSA) is 43.8 Å². The summed E-state index contributed by atoms with van der Waals surface area (Å²) in [5.74, 6) is 1.22. The van der Waals surface area contributed by atoms with Crippen LogP contribution in [0.2, 0.25) is 0 Å². The van der Waals surface area contributed by atoms with Gasteiger partial charge in [0.05, 0.1) is 33.4 Å². The van der Waals surface area contributed by atoms with Crippen molar-refractivity contribution in [1.29, 1.82) is 0 Å². The number of fused-ring (bicyclic) bond motifs is 16. The zero-order valence-corrected chi connectivity index (χ0v) is 31.5. The second-order valence-corrected chi connectivity index (χ2v) is 15.7. The molecule has 0 saturated carbocycles. The molecule has 0 radical (unpaired) electrons. The molecule has 0 atom stereocenters. The maximum atomic E-state index is 6.67. The first-order valence-corrected chi connectivity index (χ1v) is 17.6. The third-order valence-corrected chi connectivity index (χ3v) is 10.3. The Bertz CT molecular complexity index is 2880. The van der Waals surface area contributed by atoms with Crippen molar-refractivity contribution in [3.63, 3.8) is 0 Å². The second kappa shape index (κ2) is 11.4. The first-order valence-electron chi connectivity index (χ1n) is 17.6. The summed E-state index contributed by atoms with van der Waals surface area (Å²) in [5.41, 5.74) is 10.5. The summed E-state index contributed by atoms with van der Waals surface area (Å²) in [6, 6.07) is 45.6. The first kappa shape index (κ1) is 32.6. The number of pyridine rings is 2. The summed E-state index contributed by atoms with van der Waals surface area (Å²) in [7, 11) is 0. The Labute approximate surface area is 315 Å². The van der Waals surface area contributed by atoms with E-state index in [2.05, 4.69) is 147 Å². The summed E-state index contributed by atoms with van der Waals surface area (Å²) in [5, 5.41) is 6.50. The molecule has 52 heavy (non-hydrogen) atoms. The molecule has 0 fully saturated rings. The first-order chi connectivity index (χ1) is 24.6. The largest absolute Gasteiger partial charge is 2.00 e. The molecule has 10 aromatic rings. The van der Waals surface area contributed by atoms with Crippen LogP contribution in [-0.2, 0) is 31.3 Å². The molecule has 6 heteroatoms. The molecule has 0 aliphatic carbocycles. The summed E-state index contributed by atoms with van der Waals surface area (Å²) < 4.78 is 11.2. The fraction of sp³-hybridized carbons (Fsp3) is 0.174. The Balaban J connectivity index is 0.00000360. The van der Waals surface area contributed by atoms with Crippen LogP contribution in [0, 0.1) is 12.1 Å². The number of hydrogen-bond donors (Lipinski definition) is 0. The van der Waals surface area contributed by atoms with Gasteiger partial charge in [-0.2, -0.15) is 0 Å². The van der Waals surface area contributed by atoms with Gasteiger partial charge in [-0.3, -0.25) is 9.97 Å². The second-order valence-electron chi connectivity index (χ2n) is 15.7. The molecule has 0 aliphatic heterocycles. The summed E-state index contributed by atoms with van der Waals surface area (Å²) >= 11 is 0. The zero-order chi connectivity index (χ0) is 34.8. The maximum Gasteiger partial charge on any atom is 2.00 e. The van der Waals surface area contributed by atoms with E-state index in [4.69, 9.17) is 14.7 Å². The van der Waals surface area contributed by atoms with Gasteiger partial charge in [0.1, 0.15) is 0 Å². The third kappa shape index (κ3) is 4.71. The van der Waals surface area contributed by atoms with Gasteiger partial charge in [0.2, 0.25) is 0 Å². The minimum absolute atomic E-state index is 0. The maximum absolute atomic E-state index is 6.67. The van der Waals surface area contributed by atoms with Gasteiger partial charge in [-0.05, 0) is 69.1 Å². The molecule has 256 valence electrons. The molecule has 4 heterocycles. The standard InChI is InChI=1S/C46H36N4O.Pd/c1-45(2,3)33-13-11-19-39-41(33)29-23-21-27(25-31(29)43-47-35-15-7-9-17-37(35)49(39)43)51-28-22-24-30-32(26-28)44-48-36-16-8-10-18-38(36)50(44)40-20-12-14-34(42(30)40)46(4,5)6;/h7-24H,1-6H3;/q-2;+2. The number of aromatic nitrogens is 4. The van der Waals surface area contributed by atoms with Crippen molar-refractivity contribution in [1.82, 2.24) is 18.8 Å². The van der Waals surface area contributed by atoms with Crippen molar-refractivity contribution in [2.24, 2.45) is 0 Å². The van der Waals surface area contributed by atoms with Crippen molar-refractivity contribution in [3.05, 3.63) is 132 Å². The minimum Gasteiger partial charge on any atom is -0.497 e. The summed E-state index contributed by atoms with van der Waals surface area (Å²) in [6.07, 6.45) is 0. The van der Waals surface area contributed by atoms with Gasteiger partial charge < -0.3 is 13.5 Å². The van der Waals surface area contributed by atoms with E-state index < -0.39 is 0 Å². The number of imidazole rings is 2. The van der Waals surface area contributed by atoms with Crippen LogP contribution >= 0.6 is 0 Å². The van der Waals surface area contributed by atoms with Gasteiger partial charge in [-0.1, -0.05) is 136 Å². The van der Waals surface area contributed by atoms with E-state index in [1.807, 2.05) is 24.3 Å². The van der Waals surface area contributed by atoms with Crippen molar-refractivity contribution in [2.45, 2.75) is 52.4 Å². The molecule has 0 aliphatic rings. The Kier molecular flexibility index (Phi) is 7.13. The molecular formula is C46H36N4OPd. The molecule has 0 unspecified atom stereocenters. The van der Waals surface area contributed by atoms with Crippen LogP contribution in [0.25, 0.3) is 76.7 Å². The van der Waals surface area contributed by atoms with Gasteiger partial charge in [0.15, 0.2) is 0 Å². The van der Waals surface area contributed by atoms with E-state index in [1.165, 1.54) is 21.9 Å². The number of rotatable bonds is 2. The Morgan fingerprint density at radius 3 is 1.31 bits per heavy atom. The van der Waals surface area contributed by atoms with Crippen LogP contribution in [0.15, 0.2) is 109 Å². The van der Waals surface area contributed by atoms with E-state index in [9.17, 15) is 0 Å². The van der Waals surface area contributed by atoms with Gasteiger partial charge in [0, 0.05) is 22.5 Å². The molecular weight excluding hydrogens is 731 g/mol. The van der Waals surface area contributed by atoms with E-state index in [1.54, 1.807) is 0 Å². The molecule has 0 spiro atoms. The molecule has 0 N–H and O–H groups in total. The van der Waals surface area contributed by atoms with Crippen LogP contribution in [0.5, 0.6) is 11.5 Å². The molecule has 10 rings (SSSR count). The van der Waals surface area contributed by atoms with Crippen molar-refractivity contribution in [3.8, 4) is 11.5 Å². The molecule has 0 amide bonds. The van der Waals surface area contributed by atoms with Crippen LogP contribution in [0.1, 0.15) is 52.7 Å². The Hall–Kier alpha value is -5.28. The van der Waals surface area contributed by atoms with Gasteiger partial charge in [-0.25, -0.2) is 0 Å². The predicted molar refractivity (Wildman–Crippen MR) is 211 cm³/mol. The number of nitrogens with zero attached hydrogens (tertiary/aromatic N) is 4. The van der Waals surface area contributed by atoms with Crippen LogP contribution in [-0.4, -0.2) is 18.8 Å². The smallest absolute Gasteiger partial charge is 0.497 e. The average molecular weight is 767 g/mol. The van der Waals surface area contributed by atoms with Gasteiger partial charge in [-0.15, -0.1) is 12.1 Å². The van der Waals surface area contributed by atoms with Crippen LogP contribution in [0.4, 0.5) is 0 Å². The number of benzene rings is 6. The average Bonchev–Trinajstić information content (AvgIpc) is 3.71. The Morgan fingerprint density at radius 2 is 0.885 bits per heavy atom. The number of para-hydroxylation sites is 4. The third-order valence-electron chi connectivity index (χ3n) is 10.3. The monoisotopic (exact) mass is 766 g/mol. The molecule has 0 bridgehead atoms. The SMILES string of the molecule is CC(C)(C)c1cccc2c1c1ccc(Oc3[c-]c4c(cc3)c3c(C(C)(C)C)cccc3n3c5ccccc5nc43)[c-]c1c1nc3ccccc3n21.[Pd+2]. The van der Waals surface area contributed by atoms with Gasteiger partial charge >= 0.3 is 20.4 Å². The molecule has 6 aromatic carbocycles. The van der Waals surface area contributed by atoms with E-state index in [-0.39, 0.29) is 31.3 Å². The van der Waals surface area contributed by atoms with Crippen LogP contribution < -0.4 is 4.74 Å². The fourth-order valence-corrected chi connectivity index (χ4v) is 8.10. The summed E-state index contributed by atoms with van der Waals surface area (Å²) in [6.45, 7) is 13.6. The van der Waals surface area contributed by atoms with Crippen molar-refractivity contribution < 1.29 is 25.2 Å². The van der Waals surface area contributed by atoms with Crippen LogP contribution in [0.3, 0.4) is 0 Å². The summed E-state index contributed by atoms with van der Waals surface area (Å²) in [4.78, 5) is 10.3. The molecule has 4 aromatic heterocycles. The molecule has 5 nitrogen and oxygen atoms in total. The zero-order valence-electron chi connectivity index (χ0n) is 29.9. The van der Waals surface area contributed by atoms with Gasteiger partial charge in [0.25, 0.3) is 0 Å². The Morgan fingerprint density at radius 1 is 0.481 bits per heavy atom. The number of hydrogen-bond acceptors (Lipinski definition) is 3. The predicted octanol–water partition coefficient (Wildman–Crippen LogP) is 11.9. The van der Waals surface area contributed by atoms with E-state index >= 15 is 0 Å². The fourth-order valence-electron chi connectivity index (χ4n) is 8.10. The van der Waals surface area contributed by atoms with E-state index in [0.717, 1.165) is 65.9 Å². The van der Waals surface area contributed by atoms with Crippen molar-refractivity contribution in [2.75, 3.05) is 0 Å². The quantitative estimate of drug-likeness (QED) is 0.1000. The van der Waals surface area contributed by atoms with Crippen molar-refractivity contribution >= 4 is 76.7 Å². The minimum atomic E-state index is -0.0638.